The Morgan fingerprint density at radius 1 is 1.42 bits per heavy atom. The summed E-state index contributed by atoms with van der Waals surface area (Å²) in [5.74, 6) is 0.553. The maximum atomic E-state index is 6.14. The second kappa shape index (κ2) is 8.20. The quantitative estimate of drug-likeness (QED) is 0.685. The summed E-state index contributed by atoms with van der Waals surface area (Å²) in [7, 11) is 0. The summed E-state index contributed by atoms with van der Waals surface area (Å²) in [6.07, 6.45) is 2.41. The third-order valence-electron chi connectivity index (χ3n) is 4.37. The highest BCUT2D eigenvalue weighted by Gasteiger charge is 2.40. The fourth-order valence-corrected chi connectivity index (χ4v) is 3.02. The lowest BCUT2D eigenvalue weighted by Gasteiger charge is -2.48. The Hall–Kier alpha value is -0.160. The van der Waals surface area contributed by atoms with Crippen molar-refractivity contribution in [2.45, 2.75) is 52.2 Å². The zero-order chi connectivity index (χ0) is 14.3. The summed E-state index contributed by atoms with van der Waals surface area (Å²) < 4.78 is 11.4. The van der Waals surface area contributed by atoms with Crippen LogP contribution in [0.5, 0.6) is 0 Å². The van der Waals surface area contributed by atoms with Crippen LogP contribution in [0, 0.1) is 5.92 Å². The van der Waals surface area contributed by atoms with E-state index in [2.05, 4.69) is 25.7 Å². The Morgan fingerprint density at radius 3 is 2.68 bits per heavy atom. The van der Waals surface area contributed by atoms with Gasteiger partial charge in [0.1, 0.15) is 0 Å². The molecule has 19 heavy (non-hydrogen) atoms. The van der Waals surface area contributed by atoms with Crippen molar-refractivity contribution in [3.05, 3.63) is 0 Å². The maximum absolute atomic E-state index is 6.14. The van der Waals surface area contributed by atoms with Gasteiger partial charge in [0.15, 0.2) is 0 Å². The summed E-state index contributed by atoms with van der Waals surface area (Å²) in [6, 6.07) is 0. The SMILES string of the molecule is CCOCCN(CC)C1(CN)CCOC(C(C)C)C1. The van der Waals surface area contributed by atoms with Crippen LogP contribution in [0.1, 0.15) is 40.5 Å². The van der Waals surface area contributed by atoms with Gasteiger partial charge in [-0.3, -0.25) is 4.90 Å². The standard InChI is InChI=1S/C15H32N2O2/c1-5-17(8-10-18-6-2)15(12-16)7-9-19-14(11-15)13(3)4/h13-14H,5-12,16H2,1-4H3. The molecule has 1 aliphatic heterocycles. The van der Waals surface area contributed by atoms with E-state index >= 15 is 0 Å². The van der Waals surface area contributed by atoms with Gasteiger partial charge in [-0.05, 0) is 32.2 Å². The lowest BCUT2D eigenvalue weighted by atomic mass is 9.81. The second-order valence-electron chi connectivity index (χ2n) is 5.81. The Labute approximate surface area is 118 Å². The summed E-state index contributed by atoms with van der Waals surface area (Å²) >= 11 is 0. The maximum Gasteiger partial charge on any atom is 0.0616 e. The molecular formula is C15H32N2O2. The van der Waals surface area contributed by atoms with E-state index in [0.717, 1.165) is 45.8 Å². The number of hydrogen-bond donors (Lipinski definition) is 1. The van der Waals surface area contributed by atoms with E-state index in [0.29, 0.717) is 18.6 Å². The van der Waals surface area contributed by atoms with Crippen molar-refractivity contribution < 1.29 is 9.47 Å². The van der Waals surface area contributed by atoms with E-state index in [1.165, 1.54) is 0 Å². The summed E-state index contributed by atoms with van der Waals surface area (Å²) in [6.45, 7) is 13.8. The molecule has 0 aromatic heterocycles. The van der Waals surface area contributed by atoms with Gasteiger partial charge in [0.2, 0.25) is 0 Å². The molecule has 2 atom stereocenters. The molecule has 2 unspecified atom stereocenters. The number of ether oxygens (including phenoxy) is 2. The van der Waals surface area contributed by atoms with E-state index in [9.17, 15) is 0 Å². The zero-order valence-corrected chi connectivity index (χ0v) is 13.2. The summed E-state index contributed by atoms with van der Waals surface area (Å²) in [5, 5.41) is 0. The molecule has 4 heteroatoms. The van der Waals surface area contributed by atoms with Gasteiger partial charge >= 0.3 is 0 Å². The molecule has 1 heterocycles. The average Bonchev–Trinajstić information content (AvgIpc) is 2.43. The normalized spacial score (nSPS) is 28.3. The molecule has 1 aliphatic rings. The number of nitrogens with two attached hydrogens (primary N) is 1. The Kier molecular flexibility index (Phi) is 7.29. The Balaban J connectivity index is 2.69. The minimum atomic E-state index is 0.0963. The molecule has 0 radical (unpaired) electrons. The zero-order valence-electron chi connectivity index (χ0n) is 13.2. The minimum absolute atomic E-state index is 0.0963. The van der Waals surface area contributed by atoms with Crippen LogP contribution in [-0.2, 0) is 9.47 Å². The highest BCUT2D eigenvalue weighted by atomic mass is 16.5. The summed E-state index contributed by atoms with van der Waals surface area (Å²) in [5.41, 5.74) is 6.24. The first-order chi connectivity index (χ1) is 9.09. The Bertz CT molecular complexity index is 248. The number of nitrogens with zero attached hydrogens (tertiary/aromatic N) is 1. The van der Waals surface area contributed by atoms with E-state index in [-0.39, 0.29) is 5.54 Å². The largest absolute Gasteiger partial charge is 0.380 e. The van der Waals surface area contributed by atoms with Gasteiger partial charge in [0, 0.05) is 31.8 Å². The first-order valence-corrected chi connectivity index (χ1v) is 7.74. The first-order valence-electron chi connectivity index (χ1n) is 7.74. The van der Waals surface area contributed by atoms with Gasteiger partial charge in [-0.1, -0.05) is 20.8 Å². The van der Waals surface area contributed by atoms with E-state index in [1.807, 2.05) is 6.92 Å². The summed E-state index contributed by atoms with van der Waals surface area (Å²) in [4.78, 5) is 2.50. The molecule has 0 spiro atoms. The van der Waals surface area contributed by atoms with Crippen molar-refractivity contribution in [1.29, 1.82) is 0 Å². The molecule has 114 valence electrons. The monoisotopic (exact) mass is 272 g/mol. The second-order valence-corrected chi connectivity index (χ2v) is 5.81. The fourth-order valence-electron chi connectivity index (χ4n) is 3.02. The molecule has 1 saturated heterocycles. The molecule has 0 amide bonds. The van der Waals surface area contributed by atoms with Crippen molar-refractivity contribution in [3.63, 3.8) is 0 Å². The van der Waals surface area contributed by atoms with Crippen LogP contribution < -0.4 is 5.73 Å². The Morgan fingerprint density at radius 2 is 2.16 bits per heavy atom. The minimum Gasteiger partial charge on any atom is -0.380 e. The molecule has 0 saturated carbocycles. The molecule has 0 aromatic carbocycles. The van der Waals surface area contributed by atoms with Gasteiger partial charge in [-0.15, -0.1) is 0 Å². The molecular weight excluding hydrogens is 240 g/mol. The lowest BCUT2D eigenvalue weighted by Crippen LogP contribution is -2.59. The molecule has 4 nitrogen and oxygen atoms in total. The predicted molar refractivity (Wildman–Crippen MR) is 79.3 cm³/mol. The van der Waals surface area contributed by atoms with Gasteiger partial charge in [-0.2, -0.15) is 0 Å². The van der Waals surface area contributed by atoms with Crippen LogP contribution in [0.15, 0.2) is 0 Å². The number of rotatable bonds is 8. The smallest absolute Gasteiger partial charge is 0.0616 e. The van der Waals surface area contributed by atoms with E-state index < -0.39 is 0 Å². The average molecular weight is 272 g/mol. The van der Waals surface area contributed by atoms with Crippen LogP contribution in [0.3, 0.4) is 0 Å². The van der Waals surface area contributed by atoms with Crippen LogP contribution >= 0.6 is 0 Å². The predicted octanol–water partition coefficient (Wildman–Crippen LogP) is 1.88. The van der Waals surface area contributed by atoms with Crippen LogP contribution in [0.25, 0.3) is 0 Å². The molecule has 1 fully saturated rings. The van der Waals surface area contributed by atoms with Crippen LogP contribution in [0.4, 0.5) is 0 Å². The highest BCUT2D eigenvalue weighted by Crippen LogP contribution is 2.32. The van der Waals surface area contributed by atoms with Gasteiger partial charge in [0.05, 0.1) is 12.7 Å². The number of hydrogen-bond acceptors (Lipinski definition) is 4. The van der Waals surface area contributed by atoms with Crippen molar-refractivity contribution in [2.24, 2.45) is 11.7 Å². The van der Waals surface area contributed by atoms with Crippen molar-refractivity contribution in [2.75, 3.05) is 39.5 Å². The third-order valence-corrected chi connectivity index (χ3v) is 4.37. The van der Waals surface area contributed by atoms with Crippen molar-refractivity contribution in [1.82, 2.24) is 4.90 Å². The molecule has 0 bridgehead atoms. The van der Waals surface area contributed by atoms with Crippen LogP contribution in [-0.4, -0.2) is 56.0 Å². The lowest BCUT2D eigenvalue weighted by molar-refractivity contribution is -0.0903. The van der Waals surface area contributed by atoms with Crippen molar-refractivity contribution in [3.8, 4) is 0 Å². The van der Waals surface area contributed by atoms with E-state index in [4.69, 9.17) is 15.2 Å². The van der Waals surface area contributed by atoms with E-state index in [1.54, 1.807) is 0 Å². The van der Waals surface area contributed by atoms with Gasteiger partial charge < -0.3 is 15.2 Å². The molecule has 0 aliphatic carbocycles. The third kappa shape index (κ3) is 4.42. The van der Waals surface area contributed by atoms with Gasteiger partial charge in [-0.25, -0.2) is 0 Å². The fraction of sp³-hybridized carbons (Fsp3) is 1.00. The molecule has 0 aromatic rings. The molecule has 2 N–H and O–H groups in total. The number of likely N-dealkylation sites (N-methyl/N-ethyl adjacent to an activating group) is 1. The topological polar surface area (TPSA) is 47.7 Å². The van der Waals surface area contributed by atoms with Gasteiger partial charge in [0.25, 0.3) is 0 Å². The van der Waals surface area contributed by atoms with Crippen molar-refractivity contribution >= 4 is 0 Å². The first kappa shape index (κ1) is 16.9. The van der Waals surface area contributed by atoms with Crippen LogP contribution in [0.2, 0.25) is 0 Å². The molecule has 1 rings (SSSR count). The highest BCUT2D eigenvalue weighted by molar-refractivity contribution is 4.96.